The summed E-state index contributed by atoms with van der Waals surface area (Å²) in [5.74, 6) is -0.500. The number of benzene rings is 5. The third kappa shape index (κ3) is 6.37. The summed E-state index contributed by atoms with van der Waals surface area (Å²) < 4.78 is 13.0. The highest BCUT2D eigenvalue weighted by atomic mass is 79.9. The molecule has 0 atom stereocenters. The van der Waals surface area contributed by atoms with E-state index in [-0.39, 0.29) is 17.9 Å². The zero-order chi connectivity index (χ0) is 30.6. The fourth-order valence-corrected chi connectivity index (χ4v) is 5.16. The molecule has 1 fully saturated rings. The van der Waals surface area contributed by atoms with E-state index in [1.807, 2.05) is 72.8 Å². The number of barbiturate groups is 1. The highest BCUT2D eigenvalue weighted by Crippen LogP contribution is 2.33. The van der Waals surface area contributed by atoms with E-state index < -0.39 is 17.8 Å². The van der Waals surface area contributed by atoms with Crippen LogP contribution in [0.5, 0.6) is 11.5 Å². The molecule has 44 heavy (non-hydrogen) atoms. The average molecular weight is 668 g/mol. The molecule has 4 amide bonds. The van der Waals surface area contributed by atoms with Crippen LogP contribution >= 0.6 is 27.5 Å². The number of nitrogens with one attached hydrogen (secondary N) is 1. The zero-order valence-corrected chi connectivity index (χ0v) is 25.5. The molecule has 7 nitrogen and oxygen atoms in total. The van der Waals surface area contributed by atoms with E-state index in [4.69, 9.17) is 21.1 Å². The van der Waals surface area contributed by atoms with Crippen LogP contribution in [0, 0.1) is 0 Å². The number of hydrogen-bond acceptors (Lipinski definition) is 5. The maximum atomic E-state index is 13.7. The van der Waals surface area contributed by atoms with Crippen LogP contribution in [0.1, 0.15) is 16.7 Å². The first kappa shape index (κ1) is 29.2. The van der Waals surface area contributed by atoms with Gasteiger partial charge in [0.2, 0.25) is 0 Å². The number of ether oxygens (including phenoxy) is 2. The Labute approximate surface area is 266 Å². The molecule has 218 valence electrons. The predicted octanol–water partition coefficient (Wildman–Crippen LogP) is 8.08. The van der Waals surface area contributed by atoms with Gasteiger partial charge in [-0.25, -0.2) is 9.69 Å². The quantitative estimate of drug-likeness (QED) is 0.134. The number of anilines is 1. The second-order valence-electron chi connectivity index (χ2n) is 9.98. The van der Waals surface area contributed by atoms with E-state index in [0.29, 0.717) is 28.7 Å². The Kier molecular flexibility index (Phi) is 8.45. The van der Waals surface area contributed by atoms with Crippen molar-refractivity contribution in [1.29, 1.82) is 0 Å². The normalized spacial score (nSPS) is 14.2. The van der Waals surface area contributed by atoms with Crippen LogP contribution in [-0.2, 0) is 22.8 Å². The molecule has 0 aromatic heterocycles. The molecule has 0 saturated carbocycles. The molecule has 0 bridgehead atoms. The molecule has 5 aromatic carbocycles. The van der Waals surface area contributed by atoms with Gasteiger partial charge in [0.25, 0.3) is 11.8 Å². The topological polar surface area (TPSA) is 84.9 Å². The van der Waals surface area contributed by atoms with E-state index in [2.05, 4.69) is 21.2 Å². The molecule has 1 saturated heterocycles. The van der Waals surface area contributed by atoms with E-state index >= 15 is 0 Å². The minimum atomic E-state index is -0.836. The number of hydrogen-bond donors (Lipinski definition) is 1. The molecule has 9 heteroatoms. The molecular formula is C35H24BrClN2O5. The van der Waals surface area contributed by atoms with Crippen molar-refractivity contribution in [2.75, 3.05) is 4.90 Å². The number of carbonyl (C=O) groups is 3. The summed E-state index contributed by atoms with van der Waals surface area (Å²) in [7, 11) is 0. The van der Waals surface area contributed by atoms with Crippen LogP contribution < -0.4 is 19.7 Å². The number of nitrogens with zero attached hydrogens (tertiary/aromatic N) is 1. The van der Waals surface area contributed by atoms with Crippen molar-refractivity contribution in [2.24, 2.45) is 0 Å². The van der Waals surface area contributed by atoms with Crippen LogP contribution in [0.15, 0.2) is 119 Å². The molecule has 5 aromatic rings. The summed E-state index contributed by atoms with van der Waals surface area (Å²) in [4.78, 5) is 40.6. The Bertz CT molecular complexity index is 1910. The Hall–Kier alpha value is -4.92. The fourth-order valence-electron chi connectivity index (χ4n) is 4.77. The summed E-state index contributed by atoms with van der Waals surface area (Å²) in [5, 5.41) is 4.63. The van der Waals surface area contributed by atoms with Crippen molar-refractivity contribution >= 4 is 67.9 Å². The Morgan fingerprint density at radius 2 is 1.41 bits per heavy atom. The zero-order valence-electron chi connectivity index (χ0n) is 23.1. The maximum absolute atomic E-state index is 13.7. The molecule has 0 unspecified atom stereocenters. The van der Waals surface area contributed by atoms with Crippen LogP contribution in [0.4, 0.5) is 10.5 Å². The van der Waals surface area contributed by atoms with Crippen molar-refractivity contribution in [3.63, 3.8) is 0 Å². The number of halogens is 2. The standard InChI is InChI=1S/C35H24BrClN2O5/c36-25-10-5-22(6-11-25)21-44-32-18-9-24-3-1-2-4-29(24)30(32)19-31-33(40)38-35(42)39(34(31)41)27-14-16-28(17-15-27)43-20-23-7-12-26(37)13-8-23/h1-19H,20-21H2,(H,38,40,42)/b31-19+. The predicted molar refractivity (Wildman–Crippen MR) is 174 cm³/mol. The Morgan fingerprint density at radius 1 is 0.750 bits per heavy atom. The summed E-state index contributed by atoms with van der Waals surface area (Å²) in [6.07, 6.45) is 1.49. The molecule has 1 N–H and O–H groups in total. The Balaban J connectivity index is 1.28. The Morgan fingerprint density at radius 3 is 2.14 bits per heavy atom. The van der Waals surface area contributed by atoms with Gasteiger partial charge in [0, 0.05) is 15.1 Å². The van der Waals surface area contributed by atoms with Gasteiger partial charge in [-0.05, 0) is 82.6 Å². The van der Waals surface area contributed by atoms with Crippen LogP contribution in [0.2, 0.25) is 5.02 Å². The van der Waals surface area contributed by atoms with E-state index in [9.17, 15) is 14.4 Å². The SMILES string of the molecule is O=C1NC(=O)N(c2ccc(OCc3ccc(Cl)cc3)cc2)C(=O)/C1=C/c1c(OCc2ccc(Br)cc2)ccc2ccccc12. The van der Waals surface area contributed by atoms with E-state index in [1.165, 1.54) is 6.08 Å². The number of carbonyl (C=O) groups excluding carboxylic acids is 3. The van der Waals surface area contributed by atoms with Crippen LogP contribution in [0.3, 0.4) is 0 Å². The lowest BCUT2D eigenvalue weighted by Crippen LogP contribution is -2.54. The van der Waals surface area contributed by atoms with Gasteiger partial charge < -0.3 is 9.47 Å². The average Bonchev–Trinajstić information content (AvgIpc) is 3.03. The highest BCUT2D eigenvalue weighted by molar-refractivity contribution is 9.10. The molecule has 1 aliphatic heterocycles. The van der Waals surface area contributed by atoms with Gasteiger partial charge in [-0.1, -0.05) is 82.1 Å². The number of fused-ring (bicyclic) bond motifs is 1. The van der Waals surface area contributed by atoms with Gasteiger partial charge in [0.05, 0.1) is 5.69 Å². The number of rotatable bonds is 8. The third-order valence-corrected chi connectivity index (χ3v) is 7.82. The second kappa shape index (κ2) is 12.8. The minimum Gasteiger partial charge on any atom is -0.489 e. The largest absolute Gasteiger partial charge is 0.489 e. The van der Waals surface area contributed by atoms with Gasteiger partial charge in [0.15, 0.2) is 0 Å². The minimum absolute atomic E-state index is 0.197. The first-order valence-electron chi connectivity index (χ1n) is 13.6. The van der Waals surface area contributed by atoms with Crippen molar-refractivity contribution in [2.45, 2.75) is 13.2 Å². The van der Waals surface area contributed by atoms with Crippen molar-refractivity contribution in [1.82, 2.24) is 5.32 Å². The van der Waals surface area contributed by atoms with Gasteiger partial charge in [-0.3, -0.25) is 14.9 Å². The molecule has 0 radical (unpaired) electrons. The van der Waals surface area contributed by atoms with Gasteiger partial charge in [0.1, 0.15) is 30.3 Å². The van der Waals surface area contributed by atoms with E-state index in [0.717, 1.165) is 31.3 Å². The molecule has 6 rings (SSSR count). The lowest BCUT2D eigenvalue weighted by atomic mass is 9.99. The lowest BCUT2D eigenvalue weighted by molar-refractivity contribution is -0.122. The van der Waals surface area contributed by atoms with Gasteiger partial charge >= 0.3 is 6.03 Å². The van der Waals surface area contributed by atoms with Gasteiger partial charge in [-0.2, -0.15) is 0 Å². The summed E-state index contributed by atoms with van der Waals surface area (Å²) in [6, 6.07) is 32.0. The highest BCUT2D eigenvalue weighted by Gasteiger charge is 2.37. The first-order valence-corrected chi connectivity index (χ1v) is 14.8. The number of amides is 4. The van der Waals surface area contributed by atoms with Gasteiger partial charge in [-0.15, -0.1) is 0 Å². The molecule has 0 spiro atoms. The van der Waals surface area contributed by atoms with Crippen LogP contribution in [-0.4, -0.2) is 17.8 Å². The summed E-state index contributed by atoms with van der Waals surface area (Å²) >= 11 is 9.38. The molecule has 0 aliphatic carbocycles. The summed E-state index contributed by atoms with van der Waals surface area (Å²) in [6.45, 7) is 0.595. The number of urea groups is 1. The van der Waals surface area contributed by atoms with Crippen molar-refractivity contribution in [3.8, 4) is 11.5 Å². The third-order valence-electron chi connectivity index (χ3n) is 7.04. The first-order chi connectivity index (χ1) is 21.4. The maximum Gasteiger partial charge on any atom is 0.335 e. The molecule has 1 aliphatic rings. The fraction of sp³-hybridized carbons (Fsp3) is 0.0571. The van der Waals surface area contributed by atoms with Crippen LogP contribution in [0.25, 0.3) is 16.8 Å². The summed E-state index contributed by atoms with van der Waals surface area (Å²) in [5.41, 5.74) is 2.53. The second-order valence-corrected chi connectivity index (χ2v) is 11.3. The van der Waals surface area contributed by atoms with Crippen molar-refractivity contribution < 1.29 is 23.9 Å². The van der Waals surface area contributed by atoms with Crippen molar-refractivity contribution in [3.05, 3.63) is 141 Å². The lowest BCUT2D eigenvalue weighted by Gasteiger charge is -2.26. The molecule has 1 heterocycles. The van der Waals surface area contributed by atoms with E-state index in [1.54, 1.807) is 36.4 Å². The smallest absolute Gasteiger partial charge is 0.335 e. The number of imide groups is 2. The monoisotopic (exact) mass is 666 g/mol. The molecular weight excluding hydrogens is 644 g/mol.